The van der Waals surface area contributed by atoms with E-state index >= 15 is 0 Å². The van der Waals surface area contributed by atoms with Crippen molar-refractivity contribution in [3.8, 4) is 0 Å². The highest BCUT2D eigenvalue weighted by Gasteiger charge is 2.35. The van der Waals surface area contributed by atoms with Crippen LogP contribution in [0.2, 0.25) is 0 Å². The summed E-state index contributed by atoms with van der Waals surface area (Å²) in [5.74, 6) is -0.849. The number of carboxylic acids is 1. The summed E-state index contributed by atoms with van der Waals surface area (Å²) in [6, 6.07) is 0. The second kappa shape index (κ2) is 14.3. The molecule has 0 aromatic rings. The minimum absolute atomic E-state index is 0.0683. The summed E-state index contributed by atoms with van der Waals surface area (Å²) in [6.07, 6.45) is 15.1. The van der Waals surface area contributed by atoms with Crippen molar-refractivity contribution in [3.63, 3.8) is 0 Å². The van der Waals surface area contributed by atoms with Crippen LogP contribution in [0.3, 0.4) is 0 Å². The zero-order chi connectivity index (χ0) is 20.8. The molecule has 1 fully saturated rings. The van der Waals surface area contributed by atoms with E-state index < -0.39 is 36.5 Å². The molecular formula is C22H34O6. The van der Waals surface area contributed by atoms with Gasteiger partial charge in [0.25, 0.3) is 0 Å². The van der Waals surface area contributed by atoms with Crippen LogP contribution in [0, 0.1) is 0 Å². The van der Waals surface area contributed by atoms with Crippen molar-refractivity contribution in [2.75, 3.05) is 0 Å². The summed E-state index contributed by atoms with van der Waals surface area (Å²) in [5, 5.41) is 38.8. The van der Waals surface area contributed by atoms with Gasteiger partial charge in [-0.25, -0.2) is 0 Å². The fraction of sp³-hybridized carbons (Fsp3) is 0.591. The van der Waals surface area contributed by atoms with Crippen LogP contribution in [0.15, 0.2) is 48.6 Å². The van der Waals surface area contributed by atoms with E-state index in [1.54, 1.807) is 24.3 Å². The molecule has 0 aliphatic carbocycles. The molecule has 0 saturated carbocycles. The second-order valence-corrected chi connectivity index (χ2v) is 6.92. The van der Waals surface area contributed by atoms with Crippen LogP contribution in [0.1, 0.15) is 51.9 Å². The number of carboxylic acid groups (broad SMARTS) is 1. The molecule has 0 aromatic heterocycles. The van der Waals surface area contributed by atoms with E-state index in [-0.39, 0.29) is 6.42 Å². The van der Waals surface area contributed by atoms with Gasteiger partial charge >= 0.3 is 5.97 Å². The van der Waals surface area contributed by atoms with Crippen LogP contribution >= 0.6 is 0 Å². The molecule has 0 unspecified atom stereocenters. The van der Waals surface area contributed by atoms with Gasteiger partial charge in [0, 0.05) is 12.8 Å². The quantitative estimate of drug-likeness (QED) is 0.358. The Hall–Kier alpha value is -1.73. The van der Waals surface area contributed by atoms with Gasteiger partial charge in [0.1, 0.15) is 6.10 Å². The monoisotopic (exact) mass is 394 g/mol. The molecule has 28 heavy (non-hydrogen) atoms. The van der Waals surface area contributed by atoms with Crippen LogP contribution in [0.5, 0.6) is 0 Å². The Morgan fingerprint density at radius 1 is 1.11 bits per heavy atom. The lowest BCUT2D eigenvalue weighted by molar-refractivity contribution is -0.136. The molecule has 0 amide bonds. The van der Waals surface area contributed by atoms with Gasteiger partial charge in [0.15, 0.2) is 0 Å². The second-order valence-electron chi connectivity index (χ2n) is 6.92. The van der Waals surface area contributed by atoms with Gasteiger partial charge in [-0.2, -0.15) is 0 Å². The van der Waals surface area contributed by atoms with Crippen molar-refractivity contribution in [2.45, 2.75) is 82.4 Å². The molecule has 1 aliphatic rings. The molecule has 4 N–H and O–H groups in total. The van der Waals surface area contributed by atoms with E-state index in [0.29, 0.717) is 25.7 Å². The first-order valence-corrected chi connectivity index (χ1v) is 9.98. The number of hydrogen-bond acceptors (Lipinski definition) is 5. The maximum absolute atomic E-state index is 10.4. The van der Waals surface area contributed by atoms with Crippen molar-refractivity contribution < 1.29 is 30.0 Å². The molecule has 1 heterocycles. The minimum atomic E-state index is -0.849. The van der Waals surface area contributed by atoms with Crippen LogP contribution in [-0.2, 0) is 9.53 Å². The number of allylic oxidation sites excluding steroid dienone is 4. The summed E-state index contributed by atoms with van der Waals surface area (Å²) in [7, 11) is 0. The minimum Gasteiger partial charge on any atom is -0.481 e. The number of aliphatic hydroxyl groups excluding tert-OH is 3. The lowest BCUT2D eigenvalue weighted by Crippen LogP contribution is -2.25. The Labute approximate surface area is 167 Å². The Bertz CT molecular complexity index is 551. The van der Waals surface area contributed by atoms with Crippen molar-refractivity contribution in [3.05, 3.63) is 48.6 Å². The number of hydrogen-bond donors (Lipinski definition) is 4. The number of carbonyl (C=O) groups is 1. The molecule has 0 radical (unpaired) electrons. The van der Waals surface area contributed by atoms with Crippen molar-refractivity contribution in [1.82, 2.24) is 0 Å². The van der Waals surface area contributed by atoms with Gasteiger partial charge in [-0.3, -0.25) is 4.79 Å². The molecule has 0 spiro atoms. The molecule has 1 rings (SSSR count). The zero-order valence-electron chi connectivity index (χ0n) is 16.6. The third-order valence-electron chi connectivity index (χ3n) is 4.42. The Morgan fingerprint density at radius 2 is 1.82 bits per heavy atom. The van der Waals surface area contributed by atoms with Gasteiger partial charge in [0.05, 0.1) is 24.4 Å². The first kappa shape index (κ1) is 24.3. The van der Waals surface area contributed by atoms with Crippen LogP contribution < -0.4 is 0 Å². The van der Waals surface area contributed by atoms with E-state index in [9.17, 15) is 20.1 Å². The average Bonchev–Trinajstić information content (AvgIpc) is 3.03. The van der Waals surface area contributed by atoms with Crippen LogP contribution in [-0.4, -0.2) is 56.9 Å². The van der Waals surface area contributed by atoms with Crippen molar-refractivity contribution >= 4 is 5.97 Å². The maximum Gasteiger partial charge on any atom is 0.303 e. The molecule has 1 aliphatic heterocycles. The molecule has 6 nitrogen and oxygen atoms in total. The first-order valence-electron chi connectivity index (χ1n) is 9.98. The molecule has 0 bridgehead atoms. The molecular weight excluding hydrogens is 360 g/mol. The van der Waals surface area contributed by atoms with Gasteiger partial charge in [-0.05, 0) is 32.1 Å². The predicted molar refractivity (Wildman–Crippen MR) is 109 cm³/mol. The fourth-order valence-electron chi connectivity index (χ4n) is 2.84. The Kier molecular flexibility index (Phi) is 12.4. The van der Waals surface area contributed by atoms with E-state index in [0.717, 1.165) is 12.8 Å². The number of aliphatic carboxylic acids is 1. The van der Waals surface area contributed by atoms with E-state index in [4.69, 9.17) is 9.84 Å². The normalized spacial score (nSPS) is 25.5. The van der Waals surface area contributed by atoms with Gasteiger partial charge in [-0.15, -0.1) is 0 Å². The third kappa shape index (κ3) is 10.6. The number of aliphatic hydroxyl groups is 3. The maximum atomic E-state index is 10.4. The molecule has 5 atom stereocenters. The highest BCUT2D eigenvalue weighted by Crippen LogP contribution is 2.25. The van der Waals surface area contributed by atoms with Crippen LogP contribution in [0.25, 0.3) is 0 Å². The average molecular weight is 395 g/mol. The smallest absolute Gasteiger partial charge is 0.303 e. The van der Waals surface area contributed by atoms with E-state index in [2.05, 4.69) is 19.1 Å². The topological polar surface area (TPSA) is 107 Å². The Morgan fingerprint density at radius 3 is 2.54 bits per heavy atom. The summed E-state index contributed by atoms with van der Waals surface area (Å²) >= 11 is 0. The number of ether oxygens (including phenoxy) is 1. The Balaban J connectivity index is 2.34. The van der Waals surface area contributed by atoms with Gasteiger partial charge in [0.2, 0.25) is 0 Å². The highest BCUT2D eigenvalue weighted by molar-refractivity contribution is 5.66. The number of rotatable bonds is 13. The van der Waals surface area contributed by atoms with Gasteiger partial charge < -0.3 is 25.2 Å². The largest absolute Gasteiger partial charge is 0.481 e. The van der Waals surface area contributed by atoms with Crippen molar-refractivity contribution in [2.24, 2.45) is 0 Å². The van der Waals surface area contributed by atoms with E-state index in [1.165, 1.54) is 0 Å². The summed E-state index contributed by atoms with van der Waals surface area (Å²) < 4.78 is 5.72. The van der Waals surface area contributed by atoms with Crippen LogP contribution in [0.4, 0.5) is 0 Å². The molecule has 158 valence electrons. The summed E-state index contributed by atoms with van der Waals surface area (Å²) in [4.78, 5) is 10.4. The highest BCUT2D eigenvalue weighted by atomic mass is 16.5. The third-order valence-corrected chi connectivity index (χ3v) is 4.42. The lowest BCUT2D eigenvalue weighted by Gasteiger charge is -2.16. The molecule has 1 saturated heterocycles. The SMILES string of the molecule is CC/C=C\C/C=C\C[C@H](O)[C@H]1C[C@@H](O)[C@H](/C=C/[C@H](O)C/C=C\CCC(=O)O)O1. The standard InChI is InChI=1S/C22H34O6/c1-2-3-4-5-6-9-12-18(24)21-16-19(25)20(28-21)15-14-17(23)11-8-7-10-13-22(26)27/h3-4,6-9,14-15,17-21,23-25H,2,5,10-13,16H2,1H3,(H,26,27)/b4-3-,8-7-,9-6-,15-14+/t17-,18+,19-,20+,21-/m1/s1. The first-order chi connectivity index (χ1) is 13.4. The summed E-state index contributed by atoms with van der Waals surface area (Å²) in [5.41, 5.74) is 0. The predicted octanol–water partition coefficient (Wildman–Crippen LogP) is 2.90. The van der Waals surface area contributed by atoms with Crippen molar-refractivity contribution in [1.29, 1.82) is 0 Å². The zero-order valence-corrected chi connectivity index (χ0v) is 16.6. The molecule has 0 aromatic carbocycles. The van der Waals surface area contributed by atoms with E-state index in [1.807, 2.05) is 12.2 Å². The summed E-state index contributed by atoms with van der Waals surface area (Å²) in [6.45, 7) is 2.08. The molecule has 6 heteroatoms. The lowest BCUT2D eigenvalue weighted by atomic mass is 10.0. The fourth-order valence-corrected chi connectivity index (χ4v) is 2.84. The van der Waals surface area contributed by atoms with Gasteiger partial charge in [-0.1, -0.05) is 55.5 Å².